The Morgan fingerprint density at radius 1 is 0.745 bits per heavy atom. The van der Waals surface area contributed by atoms with E-state index in [9.17, 15) is 14.7 Å². The molecule has 0 aliphatic heterocycles. The largest absolute Gasteiger partial charge is 0.464 e. The lowest BCUT2D eigenvalue weighted by atomic mass is 9.56. The molecule has 10 nitrogen and oxygen atoms in total. The van der Waals surface area contributed by atoms with Crippen LogP contribution in [0.5, 0.6) is 0 Å². The Labute approximate surface area is 302 Å². The van der Waals surface area contributed by atoms with Gasteiger partial charge in [0.05, 0.1) is 38.6 Å². The van der Waals surface area contributed by atoms with E-state index in [-0.39, 0.29) is 55.1 Å². The fourth-order valence-electron chi connectivity index (χ4n) is 10.7. The van der Waals surface area contributed by atoms with E-state index >= 15 is 0 Å². The maximum Gasteiger partial charge on any atom is 0.331 e. The fraction of sp³-hybridized carbons (Fsp3) is 0.610. The first-order chi connectivity index (χ1) is 24.1. The number of methoxy groups -OCH3 is 1. The van der Waals surface area contributed by atoms with Crippen molar-refractivity contribution in [2.75, 3.05) is 20.3 Å². The van der Waals surface area contributed by atoms with Gasteiger partial charge in [0.15, 0.2) is 11.4 Å². The predicted molar refractivity (Wildman–Crippen MR) is 195 cm³/mol. The SMILES string of the molecule is [C-]#[N+]c1ccc2c(c1)[C@@](N)(C(=O)OCC)C1(C2)C[C@@H](C)C(O)[C@@H](C)C1.[C-]#[N+]c1ccc2c(c1)[C@@](N)(C(=O)OCC)C1(C2)C[C@@H](C)C(OC)[C@@H](C)C1. The molecule has 2 saturated carbocycles. The van der Waals surface area contributed by atoms with E-state index in [1.807, 2.05) is 32.0 Å². The number of rotatable bonds is 5. The number of hydrogen-bond donors (Lipinski definition) is 3. The van der Waals surface area contributed by atoms with Crippen LogP contribution in [0.4, 0.5) is 11.4 Å². The Morgan fingerprint density at radius 3 is 1.45 bits per heavy atom. The van der Waals surface area contributed by atoms with Crippen molar-refractivity contribution in [3.8, 4) is 0 Å². The van der Waals surface area contributed by atoms with E-state index in [1.165, 1.54) is 0 Å². The van der Waals surface area contributed by atoms with Crippen LogP contribution in [0.3, 0.4) is 0 Å². The molecule has 0 saturated heterocycles. The Balaban J connectivity index is 0.000000198. The summed E-state index contributed by atoms with van der Waals surface area (Å²) in [5.74, 6) is -0.124. The average Bonchev–Trinajstić information content (AvgIpc) is 3.47. The average molecular weight is 699 g/mol. The van der Waals surface area contributed by atoms with Crippen LogP contribution in [-0.2, 0) is 47.7 Å². The maximum absolute atomic E-state index is 13.1. The molecule has 6 rings (SSSR count). The van der Waals surface area contributed by atoms with Crippen molar-refractivity contribution in [2.45, 2.75) is 103 Å². The summed E-state index contributed by atoms with van der Waals surface area (Å²) in [5, 5.41) is 10.4. The number of hydrogen-bond acceptors (Lipinski definition) is 8. The molecule has 51 heavy (non-hydrogen) atoms. The van der Waals surface area contributed by atoms with Crippen molar-refractivity contribution in [3.05, 3.63) is 81.5 Å². The predicted octanol–water partition coefficient (Wildman–Crippen LogP) is 6.50. The molecule has 0 aromatic heterocycles. The number of carbonyl (C=O) groups excluding carboxylic acids is 2. The smallest absolute Gasteiger partial charge is 0.331 e. The van der Waals surface area contributed by atoms with Crippen molar-refractivity contribution < 1.29 is 28.9 Å². The molecule has 10 heteroatoms. The number of ether oxygens (including phenoxy) is 3. The van der Waals surface area contributed by atoms with Crippen molar-refractivity contribution in [3.63, 3.8) is 0 Å². The highest BCUT2D eigenvalue weighted by molar-refractivity contribution is 5.87. The quantitative estimate of drug-likeness (QED) is 0.237. The topological polar surface area (TPSA) is 143 Å². The van der Waals surface area contributed by atoms with Crippen LogP contribution < -0.4 is 11.5 Å². The summed E-state index contributed by atoms with van der Waals surface area (Å²) in [4.78, 5) is 33.1. The molecular weight excluding hydrogens is 644 g/mol. The van der Waals surface area contributed by atoms with Gasteiger partial charge in [-0.1, -0.05) is 64.1 Å². The minimum absolute atomic E-state index is 0.0516. The summed E-state index contributed by atoms with van der Waals surface area (Å²) in [6.07, 6.45) is 4.11. The lowest BCUT2D eigenvalue weighted by Crippen LogP contribution is -2.60. The van der Waals surface area contributed by atoms with Gasteiger partial charge in [0.25, 0.3) is 0 Å². The number of fused-ring (bicyclic) bond motifs is 2. The third-order valence-corrected chi connectivity index (χ3v) is 12.6. The Bertz CT molecular complexity index is 1720. The van der Waals surface area contributed by atoms with Crippen LogP contribution in [0, 0.1) is 47.6 Å². The first kappa shape index (κ1) is 38.4. The molecule has 0 amide bonds. The van der Waals surface area contributed by atoms with Crippen molar-refractivity contribution in [1.29, 1.82) is 0 Å². The van der Waals surface area contributed by atoms with Gasteiger partial charge < -0.3 is 30.8 Å². The van der Waals surface area contributed by atoms with Gasteiger partial charge in [0.1, 0.15) is 11.1 Å². The minimum atomic E-state index is -1.28. The number of benzene rings is 2. The molecule has 10 atom stereocenters. The van der Waals surface area contributed by atoms with E-state index in [4.69, 9.17) is 38.8 Å². The van der Waals surface area contributed by atoms with E-state index in [0.717, 1.165) is 41.5 Å². The molecule has 0 heterocycles. The van der Waals surface area contributed by atoms with Crippen LogP contribution in [-0.4, -0.2) is 49.6 Å². The van der Waals surface area contributed by atoms with Crippen molar-refractivity contribution >= 4 is 23.3 Å². The number of nitrogens with two attached hydrogens (primary N) is 2. The van der Waals surface area contributed by atoms with Gasteiger partial charge in [-0.05, 0) is 98.3 Å². The summed E-state index contributed by atoms with van der Waals surface area (Å²) in [6.45, 7) is 27.1. The standard InChI is InChI=1S/C21H28N2O3.C20H26N2O3/c1-6-26-19(24)21(22)17-9-16(23-4)8-7-15(17)12-20(21)10-13(2)18(25-5)14(3)11-20;1-5-25-18(24)20(21)16-8-15(22-4)7-6-14(16)11-19(20)9-12(2)17(23)13(3)10-19/h7-9,13-14,18H,6,10-12,22H2,1-3,5H3;6-8,12-13,17,23H,5,9-11,21H2,1-3H3/t13-,14+,18?,20?,21-;12-,13+,17?,19?,20-/m11/s1. The van der Waals surface area contributed by atoms with E-state index < -0.39 is 27.9 Å². The first-order valence-electron chi connectivity index (χ1n) is 18.3. The molecule has 2 spiro atoms. The molecule has 274 valence electrons. The van der Waals surface area contributed by atoms with Crippen LogP contribution in [0.1, 0.15) is 89.5 Å². The normalized spacial score (nSPS) is 36.2. The number of aliphatic hydroxyl groups excluding tert-OH is 1. The molecule has 5 N–H and O–H groups in total. The van der Waals surface area contributed by atoms with Gasteiger partial charge in [-0.15, -0.1) is 0 Å². The van der Waals surface area contributed by atoms with Gasteiger partial charge in [0, 0.05) is 17.9 Å². The Morgan fingerprint density at radius 2 is 1.12 bits per heavy atom. The van der Waals surface area contributed by atoms with E-state index in [0.29, 0.717) is 30.6 Å². The highest BCUT2D eigenvalue weighted by Crippen LogP contribution is 2.61. The molecule has 2 aromatic rings. The molecule has 0 radical (unpaired) electrons. The Kier molecular flexibility index (Phi) is 10.8. The van der Waals surface area contributed by atoms with E-state index in [2.05, 4.69) is 23.5 Å². The lowest BCUT2D eigenvalue weighted by Gasteiger charge is -2.51. The molecule has 2 fully saturated rings. The van der Waals surface area contributed by atoms with Crippen LogP contribution >= 0.6 is 0 Å². The second kappa shape index (κ2) is 14.3. The fourth-order valence-corrected chi connectivity index (χ4v) is 10.7. The second-order valence-electron chi connectivity index (χ2n) is 15.8. The van der Waals surface area contributed by atoms with Crippen LogP contribution in [0.2, 0.25) is 0 Å². The van der Waals surface area contributed by atoms with Gasteiger partial charge in [0.2, 0.25) is 0 Å². The zero-order chi connectivity index (χ0) is 37.5. The summed E-state index contributed by atoms with van der Waals surface area (Å²) < 4.78 is 16.5. The number of esters is 2. The lowest BCUT2D eigenvalue weighted by molar-refractivity contribution is -0.162. The zero-order valence-electron chi connectivity index (χ0n) is 31.1. The highest BCUT2D eigenvalue weighted by atomic mass is 16.5. The number of aliphatic hydroxyl groups is 1. The number of carbonyl (C=O) groups is 2. The molecular formula is C41H54N4O6. The molecule has 0 bridgehead atoms. The summed E-state index contributed by atoms with van der Waals surface area (Å²) in [7, 11) is 1.75. The van der Waals surface area contributed by atoms with Gasteiger partial charge in [-0.2, -0.15) is 0 Å². The van der Waals surface area contributed by atoms with Crippen molar-refractivity contribution in [1.82, 2.24) is 0 Å². The summed E-state index contributed by atoms with van der Waals surface area (Å²) in [6, 6.07) is 11.0. The van der Waals surface area contributed by atoms with Crippen LogP contribution in [0.25, 0.3) is 9.69 Å². The second-order valence-corrected chi connectivity index (χ2v) is 15.8. The molecule has 4 aliphatic rings. The first-order valence-corrected chi connectivity index (χ1v) is 18.3. The van der Waals surface area contributed by atoms with Crippen LogP contribution in [0.15, 0.2) is 36.4 Å². The van der Waals surface area contributed by atoms with Gasteiger partial charge in [-0.25, -0.2) is 19.3 Å². The monoisotopic (exact) mass is 698 g/mol. The Hall–Kier alpha value is -3.80. The van der Waals surface area contributed by atoms with E-state index in [1.54, 1.807) is 39.2 Å². The third kappa shape index (κ3) is 6.04. The summed E-state index contributed by atoms with van der Waals surface area (Å²) >= 11 is 0. The van der Waals surface area contributed by atoms with Crippen molar-refractivity contribution in [2.24, 2.45) is 46.0 Å². The number of nitrogens with zero attached hydrogens (tertiary/aromatic N) is 2. The summed E-state index contributed by atoms with van der Waals surface area (Å²) in [5.41, 5.74) is 14.9. The zero-order valence-corrected chi connectivity index (χ0v) is 31.1. The molecule has 2 aromatic carbocycles. The third-order valence-electron chi connectivity index (χ3n) is 12.6. The molecule has 4 unspecified atom stereocenters. The van der Waals surface area contributed by atoms with Gasteiger partial charge >= 0.3 is 11.9 Å². The van der Waals surface area contributed by atoms with Gasteiger partial charge in [-0.3, -0.25) is 0 Å². The maximum atomic E-state index is 13.1. The minimum Gasteiger partial charge on any atom is -0.464 e. The molecule has 4 aliphatic carbocycles. The highest BCUT2D eigenvalue weighted by Gasteiger charge is 2.64.